The zero-order chi connectivity index (χ0) is 24.1. The second kappa shape index (κ2) is 11.0. The third kappa shape index (κ3) is 6.12. The summed E-state index contributed by atoms with van der Waals surface area (Å²) in [5, 5.41) is 2.92. The molecule has 0 bridgehead atoms. The fourth-order valence-electron chi connectivity index (χ4n) is 4.42. The van der Waals surface area contributed by atoms with Crippen LogP contribution in [0, 0.1) is 6.92 Å². The number of hydrogen-bond donors (Lipinski definition) is 2. The molecule has 2 N–H and O–H groups in total. The molecule has 1 amide bonds. The Labute approximate surface area is 199 Å². The molecule has 2 aliphatic rings. The number of H-pyrrole nitrogens is 1. The summed E-state index contributed by atoms with van der Waals surface area (Å²) in [6.07, 6.45) is 2.70. The number of hydrogen-bond acceptors (Lipinski definition) is 8. The Bertz CT molecular complexity index is 1020. The summed E-state index contributed by atoms with van der Waals surface area (Å²) in [6.45, 7) is 10.6. The van der Waals surface area contributed by atoms with Crippen LogP contribution in [-0.4, -0.2) is 72.5 Å². The van der Waals surface area contributed by atoms with Crippen molar-refractivity contribution in [3.05, 3.63) is 45.5 Å². The first kappa shape index (κ1) is 24.2. The average Bonchev–Trinajstić information content (AvgIpc) is 2.82. The minimum atomic E-state index is -0.187. The van der Waals surface area contributed by atoms with Gasteiger partial charge < -0.3 is 24.6 Å². The van der Waals surface area contributed by atoms with E-state index < -0.39 is 0 Å². The molecular formula is C24H34N6O4. The first-order valence-electron chi connectivity index (χ1n) is 11.9. The van der Waals surface area contributed by atoms with Gasteiger partial charge in [-0.3, -0.25) is 14.6 Å². The number of amides is 1. The summed E-state index contributed by atoms with van der Waals surface area (Å²) in [4.78, 5) is 41.2. The van der Waals surface area contributed by atoms with Crippen LogP contribution < -0.4 is 20.7 Å². The summed E-state index contributed by atoms with van der Waals surface area (Å²) < 4.78 is 11.1. The molecule has 0 spiro atoms. The van der Waals surface area contributed by atoms with Crippen molar-refractivity contribution in [2.75, 3.05) is 49.2 Å². The van der Waals surface area contributed by atoms with Gasteiger partial charge in [0.1, 0.15) is 5.82 Å². The van der Waals surface area contributed by atoms with Gasteiger partial charge in [0, 0.05) is 56.6 Å². The van der Waals surface area contributed by atoms with E-state index in [0.29, 0.717) is 56.5 Å². The number of rotatable bonds is 7. The fraction of sp³-hybridized carbons (Fsp3) is 0.583. The molecule has 2 unspecified atom stereocenters. The normalized spacial score (nSPS) is 20.9. The summed E-state index contributed by atoms with van der Waals surface area (Å²) in [7, 11) is 0. The van der Waals surface area contributed by atoms with Crippen molar-refractivity contribution >= 4 is 17.7 Å². The van der Waals surface area contributed by atoms with Gasteiger partial charge in [-0.1, -0.05) is 6.07 Å². The first-order chi connectivity index (χ1) is 16.4. The van der Waals surface area contributed by atoms with E-state index in [1.807, 2.05) is 24.0 Å². The van der Waals surface area contributed by atoms with Crippen LogP contribution >= 0.6 is 0 Å². The molecule has 2 aromatic rings. The predicted molar refractivity (Wildman–Crippen MR) is 129 cm³/mol. The molecule has 0 aliphatic carbocycles. The van der Waals surface area contributed by atoms with Gasteiger partial charge in [0.25, 0.3) is 5.56 Å². The number of anilines is 2. The monoisotopic (exact) mass is 470 g/mol. The van der Waals surface area contributed by atoms with Crippen LogP contribution in [0.1, 0.15) is 37.1 Å². The van der Waals surface area contributed by atoms with Crippen LogP contribution in [0.4, 0.5) is 11.8 Å². The van der Waals surface area contributed by atoms with Crippen LogP contribution in [0.5, 0.6) is 0 Å². The standard InChI is InChI=1S/C24H34N6O4/c1-16-14-30(15-17(2)34-16)21-6-4-19(12-25-21)13-26-22(31)7-5-20-18(3)27-24(28-23(20)32)29-8-10-33-11-9-29/h4,6,12,16-17H,5,7-11,13-15H2,1-3H3,(H,26,31)(H,27,28,32). The molecule has 4 rings (SSSR count). The molecule has 10 heteroatoms. The number of nitrogens with zero attached hydrogens (tertiary/aromatic N) is 4. The number of morpholine rings is 2. The van der Waals surface area contributed by atoms with Crippen molar-refractivity contribution < 1.29 is 14.3 Å². The average molecular weight is 471 g/mol. The fourth-order valence-corrected chi connectivity index (χ4v) is 4.42. The lowest BCUT2D eigenvalue weighted by atomic mass is 10.1. The molecule has 184 valence electrons. The molecule has 0 radical (unpaired) electrons. The highest BCUT2D eigenvalue weighted by Crippen LogP contribution is 2.18. The molecule has 10 nitrogen and oxygen atoms in total. The van der Waals surface area contributed by atoms with Crippen molar-refractivity contribution in [2.45, 2.75) is 52.4 Å². The lowest BCUT2D eigenvalue weighted by Gasteiger charge is -2.36. The maximum atomic E-state index is 12.6. The Morgan fingerprint density at radius 1 is 1.18 bits per heavy atom. The number of aromatic nitrogens is 3. The van der Waals surface area contributed by atoms with Crippen molar-refractivity contribution in [2.24, 2.45) is 0 Å². The number of aryl methyl sites for hydroxylation is 1. The van der Waals surface area contributed by atoms with Gasteiger partial charge in [0.2, 0.25) is 11.9 Å². The number of aromatic amines is 1. The van der Waals surface area contributed by atoms with Crippen LogP contribution in [0.3, 0.4) is 0 Å². The van der Waals surface area contributed by atoms with E-state index >= 15 is 0 Å². The van der Waals surface area contributed by atoms with E-state index in [1.54, 1.807) is 6.20 Å². The van der Waals surface area contributed by atoms with Crippen LogP contribution in [0.15, 0.2) is 23.1 Å². The molecule has 2 aliphatic heterocycles. The molecule has 4 heterocycles. The van der Waals surface area contributed by atoms with Gasteiger partial charge in [-0.2, -0.15) is 0 Å². The Morgan fingerprint density at radius 3 is 2.56 bits per heavy atom. The van der Waals surface area contributed by atoms with Crippen molar-refractivity contribution in [3.63, 3.8) is 0 Å². The van der Waals surface area contributed by atoms with E-state index in [-0.39, 0.29) is 30.1 Å². The zero-order valence-electron chi connectivity index (χ0n) is 20.2. The molecule has 2 saturated heterocycles. The summed E-state index contributed by atoms with van der Waals surface area (Å²) >= 11 is 0. The predicted octanol–water partition coefficient (Wildman–Crippen LogP) is 1.17. The molecule has 2 fully saturated rings. The molecule has 0 saturated carbocycles. The van der Waals surface area contributed by atoms with Gasteiger partial charge in [0.15, 0.2) is 0 Å². The lowest BCUT2D eigenvalue weighted by Crippen LogP contribution is -2.45. The number of ether oxygens (including phenoxy) is 2. The topological polar surface area (TPSA) is 113 Å². The van der Waals surface area contributed by atoms with Gasteiger partial charge in [-0.25, -0.2) is 9.97 Å². The maximum Gasteiger partial charge on any atom is 0.255 e. The van der Waals surface area contributed by atoms with Crippen LogP contribution in [-0.2, 0) is 27.2 Å². The third-order valence-electron chi connectivity index (χ3n) is 6.16. The number of carbonyl (C=O) groups excluding carboxylic acids is 1. The van der Waals surface area contributed by atoms with E-state index in [9.17, 15) is 9.59 Å². The Morgan fingerprint density at radius 2 is 1.91 bits per heavy atom. The number of carbonyl (C=O) groups is 1. The van der Waals surface area contributed by atoms with Gasteiger partial charge >= 0.3 is 0 Å². The highest BCUT2D eigenvalue weighted by atomic mass is 16.5. The third-order valence-corrected chi connectivity index (χ3v) is 6.16. The van der Waals surface area contributed by atoms with E-state index in [2.05, 4.69) is 39.0 Å². The highest BCUT2D eigenvalue weighted by Gasteiger charge is 2.23. The minimum absolute atomic E-state index is 0.115. The highest BCUT2D eigenvalue weighted by molar-refractivity contribution is 5.76. The molecule has 2 aromatic heterocycles. The quantitative estimate of drug-likeness (QED) is 0.620. The Hall–Kier alpha value is -2.98. The molecule has 34 heavy (non-hydrogen) atoms. The van der Waals surface area contributed by atoms with Crippen molar-refractivity contribution in [3.8, 4) is 0 Å². The number of nitrogens with one attached hydrogen (secondary N) is 2. The second-order valence-electron chi connectivity index (χ2n) is 9.02. The van der Waals surface area contributed by atoms with E-state index in [4.69, 9.17) is 9.47 Å². The summed E-state index contributed by atoms with van der Waals surface area (Å²) in [5.74, 6) is 1.37. The summed E-state index contributed by atoms with van der Waals surface area (Å²) in [6, 6.07) is 3.97. The van der Waals surface area contributed by atoms with Gasteiger partial charge in [-0.15, -0.1) is 0 Å². The van der Waals surface area contributed by atoms with Gasteiger partial charge in [-0.05, 0) is 38.8 Å². The maximum absolute atomic E-state index is 12.6. The smallest absolute Gasteiger partial charge is 0.255 e. The Kier molecular flexibility index (Phi) is 7.79. The van der Waals surface area contributed by atoms with Crippen LogP contribution in [0.2, 0.25) is 0 Å². The molecule has 2 atom stereocenters. The SMILES string of the molecule is Cc1nc(N2CCOCC2)[nH]c(=O)c1CCC(=O)NCc1ccc(N2CC(C)OC(C)C2)nc1. The molecular weight excluding hydrogens is 436 g/mol. The van der Waals surface area contributed by atoms with Crippen LogP contribution in [0.25, 0.3) is 0 Å². The minimum Gasteiger partial charge on any atom is -0.378 e. The van der Waals surface area contributed by atoms with E-state index in [1.165, 1.54) is 0 Å². The zero-order valence-corrected chi connectivity index (χ0v) is 20.2. The Balaban J connectivity index is 1.27. The summed E-state index contributed by atoms with van der Waals surface area (Å²) in [5.41, 5.74) is 1.95. The number of pyridine rings is 1. The van der Waals surface area contributed by atoms with E-state index in [0.717, 1.165) is 24.5 Å². The first-order valence-corrected chi connectivity index (χ1v) is 11.9. The lowest BCUT2D eigenvalue weighted by molar-refractivity contribution is -0.121. The largest absolute Gasteiger partial charge is 0.378 e. The van der Waals surface area contributed by atoms with Gasteiger partial charge in [0.05, 0.1) is 25.4 Å². The molecule has 0 aromatic carbocycles. The van der Waals surface area contributed by atoms with Crippen molar-refractivity contribution in [1.29, 1.82) is 0 Å². The second-order valence-corrected chi connectivity index (χ2v) is 9.02. The van der Waals surface area contributed by atoms with Crippen molar-refractivity contribution in [1.82, 2.24) is 20.3 Å².